The molecule has 5 nitrogen and oxygen atoms in total. The van der Waals surface area contributed by atoms with E-state index < -0.39 is 11.9 Å². The Labute approximate surface area is 133 Å². The Morgan fingerprint density at radius 1 is 1.48 bits per heavy atom. The Balaban J connectivity index is 2.34. The first-order valence-electron chi connectivity index (χ1n) is 6.67. The first-order valence-corrected chi connectivity index (χ1v) is 7.43. The molecular weight excluding hydrogens is 313 g/mol. The fourth-order valence-corrected chi connectivity index (χ4v) is 3.23. The van der Waals surface area contributed by atoms with Gasteiger partial charge in [0.1, 0.15) is 13.1 Å². The van der Waals surface area contributed by atoms with Crippen molar-refractivity contribution in [2.45, 2.75) is 19.5 Å². The van der Waals surface area contributed by atoms with Crippen LogP contribution >= 0.6 is 23.2 Å². The molecule has 1 fully saturated rings. The molecule has 0 aliphatic carbocycles. The van der Waals surface area contributed by atoms with Crippen molar-refractivity contribution in [2.24, 2.45) is 5.73 Å². The molecule has 1 heterocycles. The summed E-state index contributed by atoms with van der Waals surface area (Å²) in [6, 6.07) is 4.51. The van der Waals surface area contributed by atoms with Crippen LogP contribution < -0.4 is 5.73 Å². The van der Waals surface area contributed by atoms with Gasteiger partial charge in [0.25, 0.3) is 0 Å². The lowest BCUT2D eigenvalue weighted by atomic mass is 10.1. The molecule has 3 amide bonds. The van der Waals surface area contributed by atoms with Crippen LogP contribution in [0.15, 0.2) is 18.2 Å². The average molecular weight is 331 g/mol. The van der Waals surface area contributed by atoms with Gasteiger partial charge in [0.2, 0.25) is 5.91 Å². The molecule has 0 spiro atoms. The van der Waals surface area contributed by atoms with Crippen LogP contribution in [0.25, 0.3) is 0 Å². The molecule has 7 heteroatoms. The van der Waals surface area contributed by atoms with Gasteiger partial charge in [-0.3, -0.25) is 9.69 Å². The molecule has 114 valence electrons. The lowest BCUT2D eigenvalue weighted by molar-refractivity contribution is -0.854. The lowest BCUT2D eigenvalue weighted by Crippen LogP contribution is -2.49. The van der Waals surface area contributed by atoms with Gasteiger partial charge in [-0.05, 0) is 19.1 Å². The second-order valence-electron chi connectivity index (χ2n) is 5.35. The lowest BCUT2D eigenvalue weighted by Gasteiger charge is -2.29. The standard InChI is InChI=1S/C14H17Cl2N3O2/c1-3-19(7-9-4-5-10(15)6-11(9)16)8-12(13(17)20)18(2)14(19)21/h4-6,12H,3,7-8H2,1-2H3,(H-,17,20)/p+1. The number of quaternary nitrogens is 1. The van der Waals surface area contributed by atoms with Crippen LogP contribution in [0.4, 0.5) is 4.79 Å². The van der Waals surface area contributed by atoms with E-state index in [0.717, 1.165) is 5.56 Å². The van der Waals surface area contributed by atoms with Gasteiger partial charge in [-0.1, -0.05) is 29.3 Å². The van der Waals surface area contributed by atoms with E-state index in [1.807, 2.05) is 13.0 Å². The third-order valence-electron chi connectivity index (χ3n) is 4.12. The van der Waals surface area contributed by atoms with E-state index in [9.17, 15) is 9.59 Å². The highest BCUT2D eigenvalue weighted by Gasteiger charge is 2.52. The molecule has 2 unspecified atom stereocenters. The van der Waals surface area contributed by atoms with Crippen LogP contribution in [-0.2, 0) is 11.3 Å². The van der Waals surface area contributed by atoms with E-state index in [1.54, 1.807) is 19.2 Å². The predicted octanol–water partition coefficient (Wildman–Crippen LogP) is 2.25. The van der Waals surface area contributed by atoms with Crippen molar-refractivity contribution in [3.63, 3.8) is 0 Å². The maximum absolute atomic E-state index is 12.6. The molecule has 21 heavy (non-hydrogen) atoms. The second kappa shape index (κ2) is 5.83. The number of rotatable bonds is 4. The Kier molecular flexibility index (Phi) is 4.46. The van der Waals surface area contributed by atoms with E-state index in [4.69, 9.17) is 28.9 Å². The van der Waals surface area contributed by atoms with Crippen molar-refractivity contribution in [3.05, 3.63) is 33.8 Å². The summed E-state index contributed by atoms with van der Waals surface area (Å²) in [6.07, 6.45) is 0. The molecule has 0 bridgehead atoms. The molecular formula is C14H18Cl2N3O2+. The quantitative estimate of drug-likeness (QED) is 0.860. The van der Waals surface area contributed by atoms with Crippen LogP contribution in [0.2, 0.25) is 10.0 Å². The number of hydrogen-bond donors (Lipinski definition) is 1. The molecule has 0 radical (unpaired) electrons. The average Bonchev–Trinajstić information content (AvgIpc) is 2.68. The van der Waals surface area contributed by atoms with Crippen molar-refractivity contribution in [2.75, 3.05) is 20.1 Å². The fourth-order valence-electron chi connectivity index (χ4n) is 2.76. The first kappa shape index (κ1) is 16.1. The SMILES string of the molecule is CC[N+]1(Cc2ccc(Cl)cc2Cl)CC(C(N)=O)N(C)C1=O. The smallest absolute Gasteiger partial charge is 0.368 e. The number of carbonyl (C=O) groups excluding carboxylic acids is 2. The van der Waals surface area contributed by atoms with Crippen molar-refractivity contribution in [1.82, 2.24) is 4.90 Å². The number of halogens is 2. The summed E-state index contributed by atoms with van der Waals surface area (Å²) in [6.45, 7) is 3.25. The second-order valence-corrected chi connectivity index (χ2v) is 6.19. The van der Waals surface area contributed by atoms with Gasteiger partial charge in [0, 0.05) is 17.6 Å². The highest BCUT2D eigenvalue weighted by Crippen LogP contribution is 2.30. The minimum Gasteiger partial charge on any atom is -0.368 e. The maximum Gasteiger partial charge on any atom is 0.420 e. The summed E-state index contributed by atoms with van der Waals surface area (Å²) >= 11 is 12.1. The third kappa shape index (κ3) is 2.86. The Morgan fingerprint density at radius 2 is 2.14 bits per heavy atom. The highest BCUT2D eigenvalue weighted by atomic mass is 35.5. The number of hydrogen-bond acceptors (Lipinski definition) is 2. The monoisotopic (exact) mass is 330 g/mol. The summed E-state index contributed by atoms with van der Waals surface area (Å²) < 4.78 is 0.130. The zero-order chi connectivity index (χ0) is 15.8. The maximum atomic E-state index is 12.6. The van der Waals surface area contributed by atoms with Crippen molar-refractivity contribution >= 4 is 35.1 Å². The molecule has 0 aromatic heterocycles. The summed E-state index contributed by atoms with van der Waals surface area (Å²) in [5, 5.41) is 1.07. The molecule has 2 N–H and O–H groups in total. The van der Waals surface area contributed by atoms with Crippen molar-refractivity contribution in [1.29, 1.82) is 0 Å². The molecule has 0 saturated carbocycles. The number of nitrogens with two attached hydrogens (primary N) is 1. The van der Waals surface area contributed by atoms with Gasteiger partial charge in [-0.25, -0.2) is 9.28 Å². The normalized spacial score (nSPS) is 25.4. The molecule has 1 aromatic rings. The van der Waals surface area contributed by atoms with Gasteiger partial charge < -0.3 is 5.73 Å². The van der Waals surface area contributed by atoms with Gasteiger partial charge in [-0.15, -0.1) is 0 Å². The van der Waals surface area contributed by atoms with Gasteiger partial charge in [-0.2, -0.15) is 0 Å². The highest BCUT2D eigenvalue weighted by molar-refractivity contribution is 6.35. The molecule has 1 aliphatic rings. The molecule has 2 rings (SSSR count). The van der Waals surface area contributed by atoms with Gasteiger partial charge >= 0.3 is 6.03 Å². The van der Waals surface area contributed by atoms with Gasteiger partial charge in [0.15, 0.2) is 6.04 Å². The van der Waals surface area contributed by atoms with Crippen molar-refractivity contribution < 1.29 is 14.1 Å². The summed E-state index contributed by atoms with van der Waals surface area (Å²) in [5.74, 6) is -0.485. The number of likely N-dealkylation sites (N-methyl/N-ethyl adjacent to an activating group) is 2. The first-order chi connectivity index (χ1) is 9.80. The Bertz CT molecular complexity index is 594. The van der Waals surface area contributed by atoms with E-state index >= 15 is 0 Å². The topological polar surface area (TPSA) is 63.4 Å². The largest absolute Gasteiger partial charge is 0.420 e. The summed E-state index contributed by atoms with van der Waals surface area (Å²) in [4.78, 5) is 25.5. The number of nitrogens with zero attached hydrogens (tertiary/aromatic N) is 2. The van der Waals surface area contributed by atoms with E-state index in [2.05, 4.69) is 0 Å². The number of benzene rings is 1. The summed E-state index contributed by atoms with van der Waals surface area (Å²) in [7, 11) is 1.61. The number of primary amides is 1. The van der Waals surface area contributed by atoms with E-state index in [0.29, 0.717) is 29.7 Å². The Hall–Kier alpha value is -1.30. The van der Waals surface area contributed by atoms with Gasteiger partial charge in [0.05, 0.1) is 11.6 Å². The minimum absolute atomic E-state index is 0.118. The number of carbonyl (C=O) groups is 2. The number of urea groups is 1. The van der Waals surface area contributed by atoms with Crippen LogP contribution in [0.1, 0.15) is 12.5 Å². The van der Waals surface area contributed by atoms with Crippen LogP contribution in [0.5, 0.6) is 0 Å². The predicted molar refractivity (Wildman–Crippen MR) is 82.0 cm³/mol. The zero-order valence-corrected chi connectivity index (χ0v) is 13.5. The van der Waals surface area contributed by atoms with Crippen molar-refractivity contribution in [3.8, 4) is 0 Å². The molecule has 1 aliphatic heterocycles. The van der Waals surface area contributed by atoms with E-state index in [-0.39, 0.29) is 10.5 Å². The molecule has 1 saturated heterocycles. The third-order valence-corrected chi connectivity index (χ3v) is 4.71. The summed E-state index contributed by atoms with van der Waals surface area (Å²) in [5.41, 5.74) is 6.21. The van der Waals surface area contributed by atoms with Crippen LogP contribution in [0.3, 0.4) is 0 Å². The minimum atomic E-state index is -0.580. The molecule has 2 atom stereocenters. The Morgan fingerprint density at radius 3 is 2.62 bits per heavy atom. The van der Waals surface area contributed by atoms with Crippen LogP contribution in [-0.4, -0.2) is 47.5 Å². The zero-order valence-electron chi connectivity index (χ0n) is 12.0. The van der Waals surface area contributed by atoms with E-state index in [1.165, 1.54) is 4.90 Å². The molecule has 1 aromatic carbocycles. The van der Waals surface area contributed by atoms with Crippen LogP contribution in [0, 0.1) is 0 Å². The fraction of sp³-hybridized carbons (Fsp3) is 0.429. The number of amides is 3.